The van der Waals surface area contributed by atoms with Gasteiger partial charge in [-0.2, -0.15) is 13.2 Å². The second kappa shape index (κ2) is 7.31. The van der Waals surface area contributed by atoms with Crippen molar-refractivity contribution in [3.8, 4) is 0 Å². The second-order valence-electron chi connectivity index (χ2n) is 5.10. The van der Waals surface area contributed by atoms with Gasteiger partial charge in [-0.1, -0.05) is 48.5 Å². The molecule has 2 nitrogen and oxygen atoms in total. The summed E-state index contributed by atoms with van der Waals surface area (Å²) in [6, 6.07) is 14.1. The SMILES string of the molecule is CCOC(=O)C[C@@H](c1ccccc1)c1cccc(C(F)(F)F)c1. The van der Waals surface area contributed by atoms with Gasteiger partial charge in [0, 0.05) is 5.92 Å². The van der Waals surface area contributed by atoms with Crippen LogP contribution in [-0.2, 0) is 15.7 Å². The smallest absolute Gasteiger partial charge is 0.416 e. The highest BCUT2D eigenvalue weighted by molar-refractivity contribution is 5.71. The molecule has 0 aliphatic carbocycles. The summed E-state index contributed by atoms with van der Waals surface area (Å²) in [5, 5.41) is 0. The van der Waals surface area contributed by atoms with Crippen LogP contribution < -0.4 is 0 Å². The highest BCUT2D eigenvalue weighted by Gasteiger charge is 2.31. The minimum Gasteiger partial charge on any atom is -0.466 e. The third-order valence-electron chi connectivity index (χ3n) is 3.49. The van der Waals surface area contributed by atoms with Crippen LogP contribution in [0.2, 0.25) is 0 Å². The molecule has 0 heterocycles. The highest BCUT2D eigenvalue weighted by Crippen LogP contribution is 2.34. The number of halogens is 3. The van der Waals surface area contributed by atoms with E-state index < -0.39 is 23.6 Å². The van der Waals surface area contributed by atoms with Crippen LogP contribution in [0.1, 0.15) is 36.0 Å². The maximum absolute atomic E-state index is 12.9. The second-order valence-corrected chi connectivity index (χ2v) is 5.10. The first-order chi connectivity index (χ1) is 10.9. The van der Waals surface area contributed by atoms with Crippen molar-refractivity contribution < 1.29 is 22.7 Å². The summed E-state index contributed by atoms with van der Waals surface area (Å²) in [5.74, 6) is -0.906. The number of hydrogen-bond donors (Lipinski definition) is 0. The maximum Gasteiger partial charge on any atom is 0.416 e. The van der Waals surface area contributed by atoms with Gasteiger partial charge in [0.25, 0.3) is 0 Å². The first kappa shape index (κ1) is 17.1. The van der Waals surface area contributed by atoms with Gasteiger partial charge in [-0.05, 0) is 24.1 Å². The lowest BCUT2D eigenvalue weighted by Gasteiger charge is -2.18. The standard InChI is InChI=1S/C18H17F3O2/c1-2-23-17(22)12-16(13-7-4-3-5-8-13)14-9-6-10-15(11-14)18(19,20)21/h3-11,16H,2,12H2,1H3/t16-/m0/s1. The lowest BCUT2D eigenvalue weighted by molar-refractivity contribution is -0.143. The summed E-state index contributed by atoms with van der Waals surface area (Å²) in [7, 11) is 0. The lowest BCUT2D eigenvalue weighted by atomic mass is 9.87. The largest absolute Gasteiger partial charge is 0.466 e. The van der Waals surface area contributed by atoms with E-state index in [1.165, 1.54) is 6.07 Å². The van der Waals surface area contributed by atoms with Crippen molar-refractivity contribution >= 4 is 5.97 Å². The Morgan fingerprint density at radius 1 is 1.04 bits per heavy atom. The summed E-state index contributed by atoms with van der Waals surface area (Å²) in [6.07, 6.45) is -4.42. The Morgan fingerprint density at radius 2 is 1.70 bits per heavy atom. The average molecular weight is 322 g/mol. The number of carbonyl (C=O) groups is 1. The van der Waals surface area contributed by atoms with Gasteiger partial charge in [-0.15, -0.1) is 0 Å². The topological polar surface area (TPSA) is 26.3 Å². The fourth-order valence-electron chi connectivity index (χ4n) is 2.43. The van der Waals surface area contributed by atoms with Crippen LogP contribution in [0.4, 0.5) is 13.2 Å². The van der Waals surface area contributed by atoms with Gasteiger partial charge in [0.1, 0.15) is 0 Å². The molecule has 122 valence electrons. The van der Waals surface area contributed by atoms with E-state index in [-0.39, 0.29) is 13.0 Å². The molecule has 0 N–H and O–H groups in total. The molecule has 0 aromatic heterocycles. The summed E-state index contributed by atoms with van der Waals surface area (Å²) < 4.78 is 43.7. The Balaban J connectivity index is 2.39. The average Bonchev–Trinajstić information content (AvgIpc) is 2.53. The Hall–Kier alpha value is -2.30. The summed E-state index contributed by atoms with van der Waals surface area (Å²) in [4.78, 5) is 11.8. The predicted octanol–water partition coefficient (Wildman–Crippen LogP) is 4.79. The molecule has 0 fully saturated rings. The van der Waals surface area contributed by atoms with E-state index in [0.29, 0.717) is 5.56 Å². The monoisotopic (exact) mass is 322 g/mol. The molecular weight excluding hydrogens is 305 g/mol. The van der Waals surface area contributed by atoms with Crippen LogP contribution in [0.15, 0.2) is 54.6 Å². The molecule has 2 rings (SSSR count). The third kappa shape index (κ3) is 4.58. The summed E-state index contributed by atoms with van der Waals surface area (Å²) in [6.45, 7) is 1.93. The predicted molar refractivity (Wildman–Crippen MR) is 81.0 cm³/mol. The van der Waals surface area contributed by atoms with Crippen LogP contribution in [0, 0.1) is 0 Å². The van der Waals surface area contributed by atoms with Gasteiger partial charge in [0.05, 0.1) is 18.6 Å². The molecule has 5 heteroatoms. The van der Waals surface area contributed by atoms with Crippen molar-refractivity contribution in [3.05, 3.63) is 71.3 Å². The molecule has 0 saturated heterocycles. The number of alkyl halides is 3. The number of carbonyl (C=O) groups excluding carboxylic acids is 1. The molecule has 0 bridgehead atoms. The molecule has 0 aliphatic heterocycles. The number of esters is 1. The van der Waals surface area contributed by atoms with Gasteiger partial charge in [0.15, 0.2) is 0 Å². The highest BCUT2D eigenvalue weighted by atomic mass is 19.4. The van der Waals surface area contributed by atoms with E-state index in [0.717, 1.165) is 17.7 Å². The molecule has 0 amide bonds. The van der Waals surface area contributed by atoms with E-state index in [1.54, 1.807) is 37.3 Å². The molecule has 23 heavy (non-hydrogen) atoms. The molecule has 2 aromatic rings. The van der Waals surface area contributed by atoms with E-state index in [1.807, 2.05) is 6.07 Å². The molecule has 0 saturated carbocycles. The van der Waals surface area contributed by atoms with E-state index in [4.69, 9.17) is 4.74 Å². The fourth-order valence-corrected chi connectivity index (χ4v) is 2.43. The maximum atomic E-state index is 12.9. The number of hydrogen-bond acceptors (Lipinski definition) is 2. The summed E-state index contributed by atoms with van der Waals surface area (Å²) >= 11 is 0. The third-order valence-corrected chi connectivity index (χ3v) is 3.49. The van der Waals surface area contributed by atoms with Crippen molar-refractivity contribution in [2.24, 2.45) is 0 Å². The van der Waals surface area contributed by atoms with Crippen molar-refractivity contribution in [2.75, 3.05) is 6.61 Å². The molecule has 0 unspecified atom stereocenters. The first-order valence-corrected chi connectivity index (χ1v) is 7.29. The normalized spacial score (nSPS) is 12.7. The van der Waals surface area contributed by atoms with Gasteiger partial charge < -0.3 is 4.74 Å². The zero-order valence-corrected chi connectivity index (χ0v) is 12.6. The Kier molecular flexibility index (Phi) is 5.42. The van der Waals surface area contributed by atoms with Crippen molar-refractivity contribution in [1.82, 2.24) is 0 Å². The molecular formula is C18H17F3O2. The van der Waals surface area contributed by atoms with Gasteiger partial charge in [-0.3, -0.25) is 4.79 Å². The van der Waals surface area contributed by atoms with Gasteiger partial charge >= 0.3 is 12.1 Å². The number of rotatable bonds is 5. The first-order valence-electron chi connectivity index (χ1n) is 7.29. The number of ether oxygens (including phenoxy) is 1. The molecule has 0 radical (unpaired) electrons. The van der Waals surface area contributed by atoms with E-state index in [9.17, 15) is 18.0 Å². The minimum atomic E-state index is -4.42. The van der Waals surface area contributed by atoms with Crippen LogP contribution in [0.25, 0.3) is 0 Å². The Labute approximate surface area is 132 Å². The zero-order valence-electron chi connectivity index (χ0n) is 12.6. The van der Waals surface area contributed by atoms with Crippen molar-refractivity contribution in [2.45, 2.75) is 25.4 Å². The van der Waals surface area contributed by atoms with Crippen molar-refractivity contribution in [3.63, 3.8) is 0 Å². The molecule has 0 aliphatic rings. The minimum absolute atomic E-state index is 0.000830. The van der Waals surface area contributed by atoms with Crippen LogP contribution in [0.3, 0.4) is 0 Å². The van der Waals surface area contributed by atoms with Crippen LogP contribution in [-0.4, -0.2) is 12.6 Å². The Morgan fingerprint density at radius 3 is 2.30 bits per heavy atom. The molecule has 1 atom stereocenters. The number of benzene rings is 2. The molecule has 2 aromatic carbocycles. The Bertz CT molecular complexity index is 651. The fraction of sp³-hybridized carbons (Fsp3) is 0.278. The van der Waals surface area contributed by atoms with Crippen molar-refractivity contribution in [1.29, 1.82) is 0 Å². The van der Waals surface area contributed by atoms with E-state index in [2.05, 4.69) is 0 Å². The van der Waals surface area contributed by atoms with Crippen LogP contribution in [0.5, 0.6) is 0 Å². The quantitative estimate of drug-likeness (QED) is 0.740. The lowest BCUT2D eigenvalue weighted by Crippen LogP contribution is -2.13. The summed E-state index contributed by atoms with van der Waals surface area (Å²) in [5.41, 5.74) is 0.499. The van der Waals surface area contributed by atoms with Crippen LogP contribution >= 0.6 is 0 Å². The van der Waals surface area contributed by atoms with Gasteiger partial charge in [0.2, 0.25) is 0 Å². The molecule has 0 spiro atoms. The van der Waals surface area contributed by atoms with Gasteiger partial charge in [-0.25, -0.2) is 0 Å². The van der Waals surface area contributed by atoms with E-state index >= 15 is 0 Å². The zero-order chi connectivity index (χ0) is 16.9.